The first-order valence-corrected chi connectivity index (χ1v) is 7.90. The fourth-order valence-electron chi connectivity index (χ4n) is 3.09. The summed E-state index contributed by atoms with van der Waals surface area (Å²) in [7, 11) is 0. The van der Waals surface area contributed by atoms with Crippen LogP contribution in [0.5, 0.6) is 0 Å². The molecule has 2 nitrogen and oxygen atoms in total. The largest absolute Gasteiger partial charge is 0.392 e. The topological polar surface area (TPSA) is 32.3 Å². The van der Waals surface area contributed by atoms with E-state index in [4.69, 9.17) is 0 Å². The summed E-state index contributed by atoms with van der Waals surface area (Å²) in [6, 6.07) is 1.05. The van der Waals surface area contributed by atoms with Gasteiger partial charge in [0.15, 0.2) is 0 Å². The molecule has 2 rings (SSSR count). The number of aliphatic hydroxyl groups excluding tert-OH is 1. The van der Waals surface area contributed by atoms with Gasteiger partial charge in [-0.25, -0.2) is 0 Å². The van der Waals surface area contributed by atoms with Gasteiger partial charge in [-0.15, -0.1) is 0 Å². The lowest BCUT2D eigenvalue weighted by Crippen LogP contribution is -2.46. The highest BCUT2D eigenvalue weighted by atomic mass is 32.2. The number of aliphatic hydroxyl groups is 1. The van der Waals surface area contributed by atoms with Crippen molar-refractivity contribution in [3.63, 3.8) is 0 Å². The quantitative estimate of drug-likeness (QED) is 0.796. The van der Waals surface area contributed by atoms with Gasteiger partial charge in [-0.3, -0.25) is 0 Å². The van der Waals surface area contributed by atoms with Crippen molar-refractivity contribution in [3.05, 3.63) is 0 Å². The van der Waals surface area contributed by atoms with Gasteiger partial charge >= 0.3 is 0 Å². The summed E-state index contributed by atoms with van der Waals surface area (Å²) in [5.74, 6) is 1.24. The Kier molecular flexibility index (Phi) is 4.98. The SMILES string of the molecule is CCSC1CCC(NC2CCCCC2O)C1. The second kappa shape index (κ2) is 6.27. The molecular weight excluding hydrogens is 218 g/mol. The molecule has 0 aromatic carbocycles. The van der Waals surface area contributed by atoms with Gasteiger partial charge in [-0.05, 0) is 37.9 Å². The summed E-state index contributed by atoms with van der Waals surface area (Å²) in [6.45, 7) is 2.25. The third kappa shape index (κ3) is 3.38. The molecule has 0 bridgehead atoms. The van der Waals surface area contributed by atoms with Crippen LogP contribution in [0.3, 0.4) is 0 Å². The zero-order valence-corrected chi connectivity index (χ0v) is 11.1. The summed E-state index contributed by atoms with van der Waals surface area (Å²) in [5, 5.41) is 14.5. The highest BCUT2D eigenvalue weighted by molar-refractivity contribution is 7.99. The van der Waals surface area contributed by atoms with Gasteiger partial charge in [0.25, 0.3) is 0 Å². The van der Waals surface area contributed by atoms with Gasteiger partial charge in [-0.1, -0.05) is 19.8 Å². The number of hydrogen-bond acceptors (Lipinski definition) is 3. The summed E-state index contributed by atoms with van der Waals surface area (Å²) in [6.07, 6.45) is 8.54. The molecule has 2 aliphatic carbocycles. The minimum Gasteiger partial charge on any atom is -0.392 e. The number of hydrogen-bond donors (Lipinski definition) is 2. The summed E-state index contributed by atoms with van der Waals surface area (Å²) in [5.41, 5.74) is 0. The van der Waals surface area contributed by atoms with Crippen LogP contribution in [0.15, 0.2) is 0 Å². The van der Waals surface area contributed by atoms with Crippen LogP contribution in [0.4, 0.5) is 0 Å². The van der Waals surface area contributed by atoms with Crippen LogP contribution in [0.25, 0.3) is 0 Å². The van der Waals surface area contributed by atoms with E-state index in [1.54, 1.807) is 0 Å². The van der Waals surface area contributed by atoms with Crippen molar-refractivity contribution >= 4 is 11.8 Å². The molecule has 0 aliphatic heterocycles. The van der Waals surface area contributed by atoms with E-state index in [0.29, 0.717) is 12.1 Å². The molecule has 94 valence electrons. The van der Waals surface area contributed by atoms with Crippen molar-refractivity contribution in [1.82, 2.24) is 5.32 Å². The summed E-state index contributed by atoms with van der Waals surface area (Å²) in [4.78, 5) is 0. The zero-order valence-electron chi connectivity index (χ0n) is 10.3. The molecular formula is C13H25NOS. The van der Waals surface area contributed by atoms with E-state index in [0.717, 1.165) is 11.7 Å². The van der Waals surface area contributed by atoms with Gasteiger partial charge in [0.1, 0.15) is 0 Å². The van der Waals surface area contributed by atoms with Crippen LogP contribution in [0, 0.1) is 0 Å². The summed E-state index contributed by atoms with van der Waals surface area (Å²) < 4.78 is 0. The Morgan fingerprint density at radius 3 is 2.75 bits per heavy atom. The highest BCUT2D eigenvalue weighted by Crippen LogP contribution is 2.31. The normalized spacial score (nSPS) is 40.1. The molecule has 4 atom stereocenters. The molecule has 0 aromatic heterocycles. The van der Waals surface area contributed by atoms with E-state index in [-0.39, 0.29) is 6.10 Å². The lowest BCUT2D eigenvalue weighted by Gasteiger charge is -2.31. The minimum atomic E-state index is -0.0911. The lowest BCUT2D eigenvalue weighted by molar-refractivity contribution is 0.0852. The van der Waals surface area contributed by atoms with E-state index in [9.17, 15) is 5.11 Å². The molecule has 0 spiro atoms. The lowest BCUT2D eigenvalue weighted by atomic mass is 9.92. The molecule has 0 heterocycles. The first-order chi connectivity index (χ1) is 7.79. The summed E-state index contributed by atoms with van der Waals surface area (Å²) >= 11 is 2.10. The van der Waals surface area contributed by atoms with E-state index in [1.165, 1.54) is 44.3 Å². The van der Waals surface area contributed by atoms with E-state index in [1.807, 2.05) is 0 Å². The Bertz CT molecular complexity index is 212. The Morgan fingerprint density at radius 1 is 1.19 bits per heavy atom. The third-order valence-electron chi connectivity index (χ3n) is 3.97. The average molecular weight is 243 g/mol. The first-order valence-electron chi connectivity index (χ1n) is 6.85. The maximum Gasteiger partial charge on any atom is 0.0693 e. The molecule has 2 saturated carbocycles. The number of nitrogens with one attached hydrogen (secondary N) is 1. The van der Waals surface area contributed by atoms with Gasteiger partial charge in [0.2, 0.25) is 0 Å². The fourth-order valence-corrected chi connectivity index (χ4v) is 4.23. The molecule has 0 radical (unpaired) electrons. The molecule has 2 fully saturated rings. The third-order valence-corrected chi connectivity index (χ3v) is 5.20. The molecule has 0 amide bonds. The predicted octanol–water partition coefficient (Wildman–Crippen LogP) is 2.55. The second-order valence-corrected chi connectivity index (χ2v) is 6.79. The Balaban J connectivity index is 1.73. The van der Waals surface area contributed by atoms with Crippen molar-refractivity contribution in [1.29, 1.82) is 0 Å². The predicted molar refractivity (Wildman–Crippen MR) is 71.0 cm³/mol. The maximum absolute atomic E-state index is 9.93. The van der Waals surface area contributed by atoms with Gasteiger partial charge in [0.05, 0.1) is 6.10 Å². The van der Waals surface area contributed by atoms with Crippen LogP contribution in [0.1, 0.15) is 51.9 Å². The maximum atomic E-state index is 9.93. The van der Waals surface area contributed by atoms with E-state index >= 15 is 0 Å². The van der Waals surface area contributed by atoms with Crippen LogP contribution in [0.2, 0.25) is 0 Å². The molecule has 0 aromatic rings. The standard InChI is InChI=1S/C13H25NOS/c1-2-16-11-8-7-10(9-11)14-12-5-3-4-6-13(12)15/h10-15H,2-9H2,1H3. The van der Waals surface area contributed by atoms with Gasteiger partial charge in [-0.2, -0.15) is 11.8 Å². The minimum absolute atomic E-state index is 0.0911. The molecule has 2 N–H and O–H groups in total. The monoisotopic (exact) mass is 243 g/mol. The first kappa shape index (κ1) is 12.7. The van der Waals surface area contributed by atoms with Crippen LogP contribution in [-0.2, 0) is 0 Å². The van der Waals surface area contributed by atoms with Crippen molar-refractivity contribution in [2.45, 2.75) is 75.3 Å². The highest BCUT2D eigenvalue weighted by Gasteiger charge is 2.29. The number of thioether (sulfide) groups is 1. The molecule has 3 heteroatoms. The van der Waals surface area contributed by atoms with Crippen molar-refractivity contribution in [2.24, 2.45) is 0 Å². The zero-order chi connectivity index (χ0) is 11.4. The second-order valence-electron chi connectivity index (χ2n) is 5.21. The number of rotatable bonds is 4. The van der Waals surface area contributed by atoms with Crippen molar-refractivity contribution in [2.75, 3.05) is 5.75 Å². The van der Waals surface area contributed by atoms with Crippen LogP contribution >= 0.6 is 11.8 Å². The molecule has 0 saturated heterocycles. The molecule has 16 heavy (non-hydrogen) atoms. The van der Waals surface area contributed by atoms with Crippen molar-refractivity contribution in [3.8, 4) is 0 Å². The smallest absolute Gasteiger partial charge is 0.0693 e. The average Bonchev–Trinajstić information content (AvgIpc) is 2.70. The van der Waals surface area contributed by atoms with Crippen molar-refractivity contribution < 1.29 is 5.11 Å². The van der Waals surface area contributed by atoms with Gasteiger partial charge < -0.3 is 10.4 Å². The molecule has 2 aliphatic rings. The fraction of sp³-hybridized carbons (Fsp3) is 1.00. The van der Waals surface area contributed by atoms with Crippen LogP contribution in [-0.4, -0.2) is 34.3 Å². The van der Waals surface area contributed by atoms with Gasteiger partial charge in [0, 0.05) is 17.3 Å². The molecule has 4 unspecified atom stereocenters. The van der Waals surface area contributed by atoms with E-state index in [2.05, 4.69) is 24.0 Å². The Labute approximate surface area is 104 Å². The Hall–Kier alpha value is 0.270. The Morgan fingerprint density at radius 2 is 2.00 bits per heavy atom. The van der Waals surface area contributed by atoms with Crippen LogP contribution < -0.4 is 5.32 Å². The van der Waals surface area contributed by atoms with E-state index < -0.39 is 0 Å².